The van der Waals surface area contributed by atoms with Crippen molar-refractivity contribution in [2.45, 2.75) is 38.3 Å². The fraction of sp³-hybridized carbons (Fsp3) is 0.571. The van der Waals surface area contributed by atoms with E-state index >= 15 is 0 Å². The van der Waals surface area contributed by atoms with Crippen molar-refractivity contribution in [3.8, 4) is 0 Å². The lowest BCUT2D eigenvalue weighted by atomic mass is 10.1. The molecule has 3 unspecified atom stereocenters. The van der Waals surface area contributed by atoms with Gasteiger partial charge < -0.3 is 11.1 Å². The van der Waals surface area contributed by atoms with Gasteiger partial charge in [0.1, 0.15) is 0 Å². The van der Waals surface area contributed by atoms with Crippen LogP contribution in [0.1, 0.15) is 37.8 Å². The number of hydrogen-bond acceptors (Lipinski definition) is 2. The van der Waals surface area contributed by atoms with E-state index in [0.717, 1.165) is 5.92 Å². The molecule has 3 N–H and O–H groups in total. The minimum Gasteiger partial charge on any atom is -0.329 e. The Balaban J connectivity index is 1.96. The maximum atomic E-state index is 5.86. The predicted molar refractivity (Wildman–Crippen MR) is 68.2 cm³/mol. The molecule has 0 amide bonds. The smallest absolute Gasteiger partial charge is 0.0446 e. The number of benzene rings is 1. The van der Waals surface area contributed by atoms with Gasteiger partial charge in [-0.2, -0.15) is 0 Å². The summed E-state index contributed by atoms with van der Waals surface area (Å²) in [5, 5.41) is 3.69. The summed E-state index contributed by atoms with van der Waals surface area (Å²) >= 11 is 0. The van der Waals surface area contributed by atoms with Crippen LogP contribution in [0.3, 0.4) is 0 Å². The molecule has 1 aromatic carbocycles. The van der Waals surface area contributed by atoms with E-state index in [1.165, 1.54) is 24.8 Å². The van der Waals surface area contributed by atoms with E-state index in [4.69, 9.17) is 5.73 Å². The Hall–Kier alpha value is -0.860. The SMILES string of the molecule is CC1CCC(NC(CN)c2ccccc2)C1. The fourth-order valence-electron chi connectivity index (χ4n) is 2.63. The number of nitrogens with one attached hydrogen (secondary N) is 1. The maximum Gasteiger partial charge on any atom is 0.0446 e. The van der Waals surface area contributed by atoms with E-state index in [-0.39, 0.29) is 0 Å². The highest BCUT2D eigenvalue weighted by atomic mass is 15.0. The summed E-state index contributed by atoms with van der Waals surface area (Å²) < 4.78 is 0. The van der Waals surface area contributed by atoms with Gasteiger partial charge in [-0.05, 0) is 30.7 Å². The Morgan fingerprint density at radius 3 is 2.62 bits per heavy atom. The van der Waals surface area contributed by atoms with Gasteiger partial charge >= 0.3 is 0 Å². The van der Waals surface area contributed by atoms with E-state index < -0.39 is 0 Å². The van der Waals surface area contributed by atoms with Crippen LogP contribution in [0.5, 0.6) is 0 Å². The van der Waals surface area contributed by atoms with Crippen molar-refractivity contribution in [3.63, 3.8) is 0 Å². The van der Waals surface area contributed by atoms with Gasteiger partial charge in [-0.3, -0.25) is 0 Å². The number of rotatable bonds is 4. The van der Waals surface area contributed by atoms with E-state index in [1.807, 2.05) is 0 Å². The molecule has 1 aliphatic rings. The summed E-state index contributed by atoms with van der Waals surface area (Å²) in [6, 6.07) is 11.5. The van der Waals surface area contributed by atoms with Crippen LogP contribution < -0.4 is 11.1 Å². The van der Waals surface area contributed by atoms with Gasteiger partial charge in [-0.25, -0.2) is 0 Å². The second-order valence-corrected chi connectivity index (χ2v) is 4.98. The molecule has 0 bridgehead atoms. The Kier molecular flexibility index (Phi) is 3.97. The van der Waals surface area contributed by atoms with Crippen LogP contribution in [-0.2, 0) is 0 Å². The van der Waals surface area contributed by atoms with Crippen LogP contribution in [0, 0.1) is 5.92 Å². The molecule has 0 aliphatic heterocycles. The molecule has 2 rings (SSSR count). The average molecular weight is 218 g/mol. The second-order valence-electron chi connectivity index (χ2n) is 4.98. The molecule has 0 spiro atoms. The van der Waals surface area contributed by atoms with Crippen molar-refractivity contribution >= 4 is 0 Å². The van der Waals surface area contributed by atoms with Gasteiger partial charge in [0.2, 0.25) is 0 Å². The van der Waals surface area contributed by atoms with E-state index in [0.29, 0.717) is 18.6 Å². The fourth-order valence-corrected chi connectivity index (χ4v) is 2.63. The highest BCUT2D eigenvalue weighted by Gasteiger charge is 2.23. The first-order chi connectivity index (χ1) is 7.79. The third kappa shape index (κ3) is 2.83. The summed E-state index contributed by atoms with van der Waals surface area (Å²) in [5.74, 6) is 0.867. The van der Waals surface area contributed by atoms with E-state index in [1.54, 1.807) is 0 Å². The molecule has 2 nitrogen and oxygen atoms in total. The first kappa shape index (κ1) is 11.6. The van der Waals surface area contributed by atoms with Crippen molar-refractivity contribution in [1.29, 1.82) is 0 Å². The lowest BCUT2D eigenvalue weighted by molar-refractivity contribution is 0.434. The summed E-state index contributed by atoms with van der Waals surface area (Å²) in [6.45, 7) is 3.01. The second kappa shape index (κ2) is 5.46. The maximum absolute atomic E-state index is 5.86. The van der Waals surface area contributed by atoms with Crippen molar-refractivity contribution in [3.05, 3.63) is 35.9 Å². The standard InChI is InChI=1S/C14H22N2/c1-11-7-8-13(9-11)16-14(10-15)12-5-3-2-4-6-12/h2-6,11,13-14,16H,7-10,15H2,1H3. The van der Waals surface area contributed by atoms with Crippen molar-refractivity contribution < 1.29 is 0 Å². The molecule has 1 saturated carbocycles. The Morgan fingerprint density at radius 2 is 2.06 bits per heavy atom. The lowest BCUT2D eigenvalue weighted by Crippen LogP contribution is -2.35. The summed E-state index contributed by atoms with van der Waals surface area (Å²) in [7, 11) is 0. The van der Waals surface area contributed by atoms with Crippen LogP contribution >= 0.6 is 0 Å². The topological polar surface area (TPSA) is 38.0 Å². The lowest BCUT2D eigenvalue weighted by Gasteiger charge is -2.22. The number of nitrogens with two attached hydrogens (primary N) is 1. The van der Waals surface area contributed by atoms with Crippen molar-refractivity contribution in [2.24, 2.45) is 11.7 Å². The van der Waals surface area contributed by atoms with Crippen LogP contribution in [0.25, 0.3) is 0 Å². The summed E-state index contributed by atoms with van der Waals surface area (Å²) in [5.41, 5.74) is 7.16. The minimum atomic E-state index is 0.316. The highest BCUT2D eigenvalue weighted by molar-refractivity contribution is 5.19. The van der Waals surface area contributed by atoms with Crippen LogP contribution in [0.4, 0.5) is 0 Å². The molecule has 16 heavy (non-hydrogen) atoms. The molecule has 1 aromatic rings. The van der Waals surface area contributed by atoms with Gasteiger partial charge in [0.05, 0.1) is 0 Å². The molecule has 3 atom stereocenters. The third-order valence-corrected chi connectivity index (χ3v) is 3.57. The molecule has 0 heterocycles. The Morgan fingerprint density at radius 1 is 1.31 bits per heavy atom. The molecule has 88 valence electrons. The zero-order valence-electron chi connectivity index (χ0n) is 10.0. The van der Waals surface area contributed by atoms with Crippen LogP contribution in [-0.4, -0.2) is 12.6 Å². The summed E-state index contributed by atoms with van der Waals surface area (Å²) in [6.07, 6.45) is 3.94. The normalized spacial score (nSPS) is 26.9. The number of hydrogen-bond donors (Lipinski definition) is 2. The first-order valence-electron chi connectivity index (χ1n) is 6.30. The Labute approximate surface area is 98.2 Å². The predicted octanol–water partition coefficient (Wildman–Crippen LogP) is 2.46. The molecular formula is C14H22N2. The zero-order chi connectivity index (χ0) is 11.4. The van der Waals surface area contributed by atoms with Gasteiger partial charge in [0.15, 0.2) is 0 Å². The quantitative estimate of drug-likeness (QED) is 0.814. The van der Waals surface area contributed by atoms with Gasteiger partial charge in [0, 0.05) is 18.6 Å². The molecule has 1 aliphatic carbocycles. The monoisotopic (exact) mass is 218 g/mol. The van der Waals surface area contributed by atoms with Crippen LogP contribution in [0.15, 0.2) is 30.3 Å². The molecular weight excluding hydrogens is 196 g/mol. The first-order valence-corrected chi connectivity index (χ1v) is 6.30. The molecule has 0 aromatic heterocycles. The van der Waals surface area contributed by atoms with Crippen molar-refractivity contribution in [2.75, 3.05) is 6.54 Å². The largest absolute Gasteiger partial charge is 0.329 e. The molecule has 2 heteroatoms. The van der Waals surface area contributed by atoms with Crippen LogP contribution in [0.2, 0.25) is 0 Å². The minimum absolute atomic E-state index is 0.316. The van der Waals surface area contributed by atoms with Gasteiger partial charge in [0.25, 0.3) is 0 Å². The van der Waals surface area contributed by atoms with Gasteiger partial charge in [-0.1, -0.05) is 37.3 Å². The average Bonchev–Trinajstić information content (AvgIpc) is 2.73. The van der Waals surface area contributed by atoms with E-state index in [2.05, 4.69) is 42.6 Å². The van der Waals surface area contributed by atoms with E-state index in [9.17, 15) is 0 Å². The molecule has 0 saturated heterocycles. The summed E-state index contributed by atoms with van der Waals surface area (Å²) in [4.78, 5) is 0. The Bertz CT molecular complexity index is 310. The van der Waals surface area contributed by atoms with Gasteiger partial charge in [-0.15, -0.1) is 0 Å². The van der Waals surface area contributed by atoms with Crippen molar-refractivity contribution in [1.82, 2.24) is 5.32 Å². The highest BCUT2D eigenvalue weighted by Crippen LogP contribution is 2.26. The zero-order valence-corrected chi connectivity index (χ0v) is 10.0. The molecule has 0 radical (unpaired) electrons. The molecule has 1 fully saturated rings. The third-order valence-electron chi connectivity index (χ3n) is 3.57.